The number of hydrogen-bond acceptors (Lipinski definition) is 7. The van der Waals surface area contributed by atoms with E-state index in [0.717, 1.165) is 5.57 Å². The largest absolute Gasteiger partial charge is 0.482 e. The fourth-order valence-corrected chi connectivity index (χ4v) is 3.28. The summed E-state index contributed by atoms with van der Waals surface area (Å²) >= 11 is 0. The van der Waals surface area contributed by atoms with Crippen LogP contribution in [0.2, 0.25) is 0 Å². The Morgan fingerprint density at radius 3 is 2.80 bits per heavy atom. The molecule has 1 aliphatic rings. The SMILES string of the molecule is CCC1=C(OCP(C)(C)=O)C(=O)[C@@H](n2cnc3c(=O)[nH]c(N)nc32)C1. The van der Waals surface area contributed by atoms with Gasteiger partial charge in [-0.1, -0.05) is 6.92 Å². The van der Waals surface area contributed by atoms with Crippen LogP contribution in [0, 0.1) is 0 Å². The first kappa shape index (κ1) is 17.4. The number of hydrogen-bond donors (Lipinski definition) is 2. The Morgan fingerprint density at radius 2 is 2.16 bits per heavy atom. The summed E-state index contributed by atoms with van der Waals surface area (Å²) in [5, 5.41) is 0. The molecule has 0 saturated carbocycles. The minimum atomic E-state index is -2.42. The molecule has 2 heterocycles. The second kappa shape index (κ2) is 6.15. The van der Waals surface area contributed by atoms with Gasteiger partial charge in [-0.15, -0.1) is 0 Å². The quantitative estimate of drug-likeness (QED) is 0.767. The number of carbonyl (C=O) groups excluding carboxylic acids is 1. The van der Waals surface area contributed by atoms with Gasteiger partial charge in [0.25, 0.3) is 5.56 Å². The molecule has 0 aliphatic heterocycles. The molecule has 3 rings (SSSR count). The van der Waals surface area contributed by atoms with Gasteiger partial charge in [-0.05, 0) is 25.3 Å². The topological polar surface area (TPSA) is 133 Å². The second-order valence-electron chi connectivity index (χ2n) is 6.49. The average molecular weight is 365 g/mol. The highest BCUT2D eigenvalue weighted by molar-refractivity contribution is 7.62. The monoisotopic (exact) mass is 365 g/mol. The third-order valence-corrected chi connectivity index (χ3v) is 4.77. The molecule has 0 fully saturated rings. The molecule has 10 heteroatoms. The summed E-state index contributed by atoms with van der Waals surface area (Å²) in [6.45, 7) is 5.15. The van der Waals surface area contributed by atoms with Gasteiger partial charge in [-0.25, -0.2) is 4.98 Å². The van der Waals surface area contributed by atoms with E-state index >= 15 is 0 Å². The van der Waals surface area contributed by atoms with Crippen LogP contribution in [0.5, 0.6) is 0 Å². The number of allylic oxidation sites excluding steroid dienone is 2. The van der Waals surface area contributed by atoms with Crippen molar-refractivity contribution < 1.29 is 14.1 Å². The molecular formula is C15H20N5O4P. The maximum atomic E-state index is 12.8. The number of fused-ring (bicyclic) bond motifs is 1. The number of Topliss-reactive ketones (excluding diaryl/α,β-unsaturated/α-hetero) is 1. The van der Waals surface area contributed by atoms with E-state index < -0.39 is 18.7 Å². The van der Waals surface area contributed by atoms with E-state index in [9.17, 15) is 14.2 Å². The highest BCUT2D eigenvalue weighted by Gasteiger charge is 2.36. The van der Waals surface area contributed by atoms with Crippen LogP contribution in [0.3, 0.4) is 0 Å². The molecule has 0 unspecified atom stereocenters. The number of imidazole rings is 1. The van der Waals surface area contributed by atoms with Crippen molar-refractivity contribution in [3.05, 3.63) is 28.0 Å². The van der Waals surface area contributed by atoms with Gasteiger partial charge in [0.15, 0.2) is 16.9 Å². The molecule has 0 bridgehead atoms. The minimum Gasteiger partial charge on any atom is -0.482 e. The van der Waals surface area contributed by atoms with Gasteiger partial charge in [-0.3, -0.25) is 14.6 Å². The number of nitrogens with two attached hydrogens (primary N) is 1. The van der Waals surface area contributed by atoms with Crippen molar-refractivity contribution in [2.45, 2.75) is 25.8 Å². The molecule has 2 aromatic heterocycles. The van der Waals surface area contributed by atoms with Crippen LogP contribution in [-0.2, 0) is 14.1 Å². The Bertz CT molecular complexity index is 983. The van der Waals surface area contributed by atoms with Crippen LogP contribution in [0.4, 0.5) is 5.95 Å². The van der Waals surface area contributed by atoms with Crippen molar-refractivity contribution in [1.82, 2.24) is 19.5 Å². The number of ether oxygens (including phenoxy) is 1. The number of ketones is 1. The minimum absolute atomic E-state index is 0.0137. The number of aromatic amines is 1. The third-order valence-electron chi connectivity index (χ3n) is 4.02. The van der Waals surface area contributed by atoms with Gasteiger partial charge in [0.05, 0.1) is 6.33 Å². The summed E-state index contributed by atoms with van der Waals surface area (Å²) in [5.74, 6) is -0.0101. The number of nitrogens with zero attached hydrogens (tertiary/aromatic N) is 3. The summed E-state index contributed by atoms with van der Waals surface area (Å²) < 4.78 is 19.0. The lowest BCUT2D eigenvalue weighted by atomic mass is 10.1. The van der Waals surface area contributed by atoms with Crippen LogP contribution in [-0.4, -0.2) is 45.0 Å². The summed E-state index contributed by atoms with van der Waals surface area (Å²) in [5.41, 5.74) is 6.38. The lowest BCUT2D eigenvalue weighted by Crippen LogP contribution is -2.18. The molecule has 0 spiro atoms. The lowest BCUT2D eigenvalue weighted by Gasteiger charge is -2.13. The molecule has 134 valence electrons. The molecule has 0 aromatic carbocycles. The summed E-state index contributed by atoms with van der Waals surface area (Å²) in [6.07, 6.45) is 2.50. The summed E-state index contributed by atoms with van der Waals surface area (Å²) in [6, 6.07) is -0.600. The first-order valence-electron chi connectivity index (χ1n) is 7.86. The maximum absolute atomic E-state index is 12.8. The predicted octanol–water partition coefficient (Wildman–Crippen LogP) is 1.48. The third kappa shape index (κ3) is 3.24. The first-order chi connectivity index (χ1) is 11.7. The lowest BCUT2D eigenvalue weighted by molar-refractivity contribution is -0.120. The highest BCUT2D eigenvalue weighted by atomic mass is 31.2. The molecule has 1 atom stereocenters. The van der Waals surface area contributed by atoms with Crippen LogP contribution in [0.1, 0.15) is 25.8 Å². The van der Waals surface area contributed by atoms with Gasteiger partial charge < -0.3 is 19.6 Å². The van der Waals surface area contributed by atoms with Crippen LogP contribution < -0.4 is 11.3 Å². The Balaban J connectivity index is 1.97. The molecule has 0 radical (unpaired) electrons. The number of nitrogen functional groups attached to an aromatic ring is 1. The average Bonchev–Trinajstić information content (AvgIpc) is 3.05. The Kier molecular flexibility index (Phi) is 4.28. The van der Waals surface area contributed by atoms with E-state index in [1.165, 1.54) is 6.33 Å². The normalized spacial score (nSPS) is 18.4. The van der Waals surface area contributed by atoms with Crippen molar-refractivity contribution in [3.63, 3.8) is 0 Å². The van der Waals surface area contributed by atoms with Crippen molar-refractivity contribution in [3.8, 4) is 0 Å². The van der Waals surface area contributed by atoms with E-state index in [1.807, 2.05) is 6.92 Å². The number of H-pyrrole nitrogens is 1. The molecule has 2 aromatic rings. The molecule has 25 heavy (non-hydrogen) atoms. The zero-order valence-electron chi connectivity index (χ0n) is 14.3. The van der Waals surface area contributed by atoms with Crippen LogP contribution >= 0.6 is 7.14 Å². The fourth-order valence-electron chi connectivity index (χ4n) is 2.84. The van der Waals surface area contributed by atoms with Gasteiger partial charge in [0.1, 0.15) is 19.5 Å². The molecule has 9 nitrogen and oxygen atoms in total. The summed E-state index contributed by atoms with van der Waals surface area (Å²) in [7, 11) is -2.42. The van der Waals surface area contributed by atoms with E-state index in [4.69, 9.17) is 10.5 Å². The van der Waals surface area contributed by atoms with Gasteiger partial charge in [0, 0.05) is 6.42 Å². The van der Waals surface area contributed by atoms with Crippen molar-refractivity contribution in [2.75, 3.05) is 25.4 Å². The Labute approximate surface area is 143 Å². The molecule has 0 amide bonds. The Hall–Kier alpha value is -2.41. The number of nitrogens with one attached hydrogen (secondary N) is 1. The number of aromatic nitrogens is 4. The van der Waals surface area contributed by atoms with Gasteiger partial charge >= 0.3 is 0 Å². The van der Waals surface area contributed by atoms with E-state index in [1.54, 1.807) is 17.9 Å². The molecule has 3 N–H and O–H groups in total. The molecule has 1 aliphatic carbocycles. The molecule has 0 saturated heterocycles. The second-order valence-corrected chi connectivity index (χ2v) is 9.90. The van der Waals surface area contributed by atoms with Gasteiger partial charge in [-0.2, -0.15) is 4.98 Å². The zero-order chi connectivity index (χ0) is 18.4. The highest BCUT2D eigenvalue weighted by Crippen LogP contribution is 2.40. The van der Waals surface area contributed by atoms with Crippen molar-refractivity contribution in [1.29, 1.82) is 0 Å². The van der Waals surface area contributed by atoms with Gasteiger partial charge in [0.2, 0.25) is 11.7 Å². The smallest absolute Gasteiger partial charge is 0.280 e. The number of rotatable bonds is 5. The van der Waals surface area contributed by atoms with Crippen LogP contribution in [0.15, 0.2) is 22.5 Å². The standard InChI is InChI=1S/C15H20N5O4P/c1-4-8-5-9(11(21)12(8)24-7-25(2,3)23)20-6-17-10-13(20)18-15(16)19-14(10)22/h6,9H,4-5,7H2,1-3H3,(H3,16,18,19,22)/t9-/m0/s1. The summed E-state index contributed by atoms with van der Waals surface area (Å²) in [4.78, 5) is 35.3. The van der Waals surface area contributed by atoms with Crippen molar-refractivity contribution in [2.24, 2.45) is 0 Å². The molecular weight excluding hydrogens is 345 g/mol. The number of anilines is 1. The fraction of sp³-hybridized carbons (Fsp3) is 0.467. The first-order valence-corrected chi connectivity index (χ1v) is 10.6. The van der Waals surface area contributed by atoms with E-state index in [-0.39, 0.29) is 35.0 Å². The maximum Gasteiger partial charge on any atom is 0.280 e. The van der Waals surface area contributed by atoms with Crippen molar-refractivity contribution >= 4 is 30.0 Å². The predicted molar refractivity (Wildman–Crippen MR) is 93.9 cm³/mol. The van der Waals surface area contributed by atoms with E-state index in [0.29, 0.717) is 12.8 Å². The zero-order valence-corrected chi connectivity index (χ0v) is 15.2. The van der Waals surface area contributed by atoms with E-state index in [2.05, 4.69) is 15.0 Å². The Morgan fingerprint density at radius 1 is 1.44 bits per heavy atom. The van der Waals surface area contributed by atoms with Crippen LogP contribution in [0.25, 0.3) is 11.2 Å². The number of carbonyl (C=O) groups is 1.